The van der Waals surface area contributed by atoms with E-state index in [1.807, 2.05) is 0 Å². The van der Waals surface area contributed by atoms with Crippen molar-refractivity contribution < 1.29 is 0 Å². The SMILES string of the molecule is C=CC[C@@]12C=CC=C1C1=CC=C3CCCC[C@@H]3[C@H]1CC2. The summed E-state index contributed by atoms with van der Waals surface area (Å²) in [5.41, 5.74) is 5.28. The highest BCUT2D eigenvalue weighted by molar-refractivity contribution is 5.53. The molecule has 2 fully saturated rings. The molecule has 2 saturated carbocycles. The van der Waals surface area contributed by atoms with Gasteiger partial charge >= 0.3 is 0 Å². The molecule has 0 amide bonds. The zero-order chi connectivity index (χ0) is 13.6. The van der Waals surface area contributed by atoms with Crippen molar-refractivity contribution >= 4 is 0 Å². The molecule has 4 aliphatic rings. The van der Waals surface area contributed by atoms with Crippen LogP contribution in [0.15, 0.2) is 59.8 Å². The fraction of sp³-hybridized carbons (Fsp3) is 0.500. The van der Waals surface area contributed by atoms with Crippen LogP contribution >= 0.6 is 0 Å². The van der Waals surface area contributed by atoms with Crippen LogP contribution in [0.1, 0.15) is 44.9 Å². The first-order chi connectivity index (χ1) is 9.84. The van der Waals surface area contributed by atoms with E-state index in [-0.39, 0.29) is 5.41 Å². The van der Waals surface area contributed by atoms with Gasteiger partial charge in [0.1, 0.15) is 0 Å². The lowest BCUT2D eigenvalue weighted by Crippen LogP contribution is -2.34. The lowest BCUT2D eigenvalue weighted by atomic mass is 9.58. The van der Waals surface area contributed by atoms with Gasteiger partial charge in [-0.2, -0.15) is 0 Å². The third-order valence-corrected chi connectivity index (χ3v) is 6.00. The Morgan fingerprint density at radius 2 is 2.10 bits per heavy atom. The summed E-state index contributed by atoms with van der Waals surface area (Å²) in [7, 11) is 0. The number of rotatable bonds is 2. The van der Waals surface area contributed by atoms with Gasteiger partial charge in [0.2, 0.25) is 0 Å². The summed E-state index contributed by atoms with van der Waals surface area (Å²) in [5, 5.41) is 0. The summed E-state index contributed by atoms with van der Waals surface area (Å²) in [6.45, 7) is 3.99. The topological polar surface area (TPSA) is 0 Å². The molecule has 0 unspecified atom stereocenters. The van der Waals surface area contributed by atoms with E-state index in [9.17, 15) is 0 Å². The van der Waals surface area contributed by atoms with Crippen LogP contribution in [0.2, 0.25) is 0 Å². The fourth-order valence-corrected chi connectivity index (χ4v) is 5.05. The molecular weight excluding hydrogens is 240 g/mol. The van der Waals surface area contributed by atoms with Crippen LogP contribution in [-0.2, 0) is 0 Å². The average molecular weight is 264 g/mol. The minimum absolute atomic E-state index is 0.282. The first-order valence-corrected chi connectivity index (χ1v) is 8.26. The Hall–Kier alpha value is -1.30. The molecule has 4 aliphatic carbocycles. The van der Waals surface area contributed by atoms with E-state index < -0.39 is 0 Å². The van der Waals surface area contributed by atoms with E-state index >= 15 is 0 Å². The van der Waals surface area contributed by atoms with Gasteiger partial charge in [0.15, 0.2) is 0 Å². The Kier molecular flexibility index (Phi) is 2.87. The van der Waals surface area contributed by atoms with Crippen LogP contribution < -0.4 is 0 Å². The van der Waals surface area contributed by atoms with Crippen molar-refractivity contribution in [3.63, 3.8) is 0 Å². The molecule has 0 saturated heterocycles. The summed E-state index contributed by atoms with van der Waals surface area (Å²) < 4.78 is 0. The summed E-state index contributed by atoms with van der Waals surface area (Å²) in [5.74, 6) is 1.66. The maximum atomic E-state index is 3.99. The second kappa shape index (κ2) is 4.62. The van der Waals surface area contributed by atoms with Crippen molar-refractivity contribution in [2.24, 2.45) is 17.3 Å². The molecule has 0 aliphatic heterocycles. The van der Waals surface area contributed by atoms with Crippen molar-refractivity contribution in [3.8, 4) is 0 Å². The highest BCUT2D eigenvalue weighted by Gasteiger charge is 2.44. The van der Waals surface area contributed by atoms with Crippen LogP contribution in [0.3, 0.4) is 0 Å². The summed E-state index contributed by atoms with van der Waals surface area (Å²) in [6, 6.07) is 0. The van der Waals surface area contributed by atoms with Crippen LogP contribution in [0.5, 0.6) is 0 Å². The van der Waals surface area contributed by atoms with E-state index in [1.54, 1.807) is 16.7 Å². The predicted octanol–water partition coefficient (Wildman–Crippen LogP) is 5.51. The molecule has 0 aromatic heterocycles. The van der Waals surface area contributed by atoms with Gasteiger partial charge in [-0.25, -0.2) is 0 Å². The van der Waals surface area contributed by atoms with E-state index in [0.717, 1.165) is 18.3 Å². The Bertz CT molecular complexity index is 555. The molecule has 104 valence electrons. The van der Waals surface area contributed by atoms with Crippen LogP contribution in [-0.4, -0.2) is 0 Å². The Morgan fingerprint density at radius 1 is 1.15 bits per heavy atom. The molecule has 0 bridgehead atoms. The Morgan fingerprint density at radius 3 is 3.00 bits per heavy atom. The molecule has 3 atom stereocenters. The maximum absolute atomic E-state index is 3.99. The van der Waals surface area contributed by atoms with E-state index in [1.165, 1.54) is 38.5 Å². The normalized spacial score (nSPS) is 38.1. The molecule has 20 heavy (non-hydrogen) atoms. The Labute approximate surface area is 122 Å². The lowest BCUT2D eigenvalue weighted by Gasteiger charge is -2.46. The molecule has 0 nitrogen and oxygen atoms in total. The molecule has 0 spiro atoms. The smallest absolute Gasteiger partial charge is 0.0172 e. The van der Waals surface area contributed by atoms with Crippen molar-refractivity contribution in [3.05, 3.63) is 59.8 Å². The van der Waals surface area contributed by atoms with E-state index in [4.69, 9.17) is 0 Å². The second-order valence-electron chi connectivity index (χ2n) is 6.95. The van der Waals surface area contributed by atoms with Crippen molar-refractivity contribution in [1.82, 2.24) is 0 Å². The van der Waals surface area contributed by atoms with Gasteiger partial charge in [-0.05, 0) is 61.5 Å². The number of hydrogen-bond donors (Lipinski definition) is 0. The van der Waals surface area contributed by atoms with Gasteiger partial charge in [-0.3, -0.25) is 0 Å². The lowest BCUT2D eigenvalue weighted by molar-refractivity contribution is 0.262. The number of fused-ring (bicyclic) bond motifs is 5. The predicted molar refractivity (Wildman–Crippen MR) is 85.3 cm³/mol. The second-order valence-corrected chi connectivity index (χ2v) is 6.95. The van der Waals surface area contributed by atoms with Crippen molar-refractivity contribution in [1.29, 1.82) is 0 Å². The molecular formula is C20H24. The molecule has 0 heteroatoms. The highest BCUT2D eigenvalue weighted by Crippen LogP contribution is 2.57. The summed E-state index contributed by atoms with van der Waals surface area (Å²) in [6.07, 6.45) is 23.5. The van der Waals surface area contributed by atoms with Gasteiger partial charge in [-0.15, -0.1) is 6.58 Å². The van der Waals surface area contributed by atoms with Gasteiger partial charge in [0.25, 0.3) is 0 Å². The number of hydrogen-bond acceptors (Lipinski definition) is 0. The van der Waals surface area contributed by atoms with Gasteiger partial charge in [0, 0.05) is 5.41 Å². The molecule has 4 rings (SSSR count). The van der Waals surface area contributed by atoms with E-state index in [0.29, 0.717) is 0 Å². The summed E-state index contributed by atoms with van der Waals surface area (Å²) in [4.78, 5) is 0. The fourth-order valence-electron chi connectivity index (χ4n) is 5.05. The minimum Gasteiger partial charge on any atom is -0.103 e. The minimum atomic E-state index is 0.282. The quantitative estimate of drug-likeness (QED) is 0.577. The first-order valence-electron chi connectivity index (χ1n) is 8.26. The van der Waals surface area contributed by atoms with Gasteiger partial charge < -0.3 is 0 Å². The molecule has 0 N–H and O–H groups in total. The van der Waals surface area contributed by atoms with Gasteiger partial charge in [0.05, 0.1) is 0 Å². The van der Waals surface area contributed by atoms with Crippen molar-refractivity contribution in [2.75, 3.05) is 0 Å². The third kappa shape index (κ3) is 1.67. The highest BCUT2D eigenvalue weighted by atomic mass is 14.5. The number of allylic oxidation sites excluding steroid dienone is 9. The standard InChI is InChI=1S/C20H24/c1-2-12-20-13-5-8-19(20)18-10-9-15-6-3-4-7-16(15)17(18)11-14-20/h2,5,8-10,13,16-17H,1,3-4,6-7,11-12,14H2/t16-,17+,20-/m0/s1. The average Bonchev–Trinajstić information content (AvgIpc) is 2.91. The molecule has 0 aromatic rings. The monoisotopic (exact) mass is 264 g/mol. The van der Waals surface area contributed by atoms with E-state index in [2.05, 4.69) is 43.0 Å². The molecule has 0 radical (unpaired) electrons. The maximum Gasteiger partial charge on any atom is 0.0172 e. The Balaban J connectivity index is 1.73. The van der Waals surface area contributed by atoms with Crippen LogP contribution in [0, 0.1) is 17.3 Å². The largest absolute Gasteiger partial charge is 0.103 e. The van der Waals surface area contributed by atoms with Crippen molar-refractivity contribution in [2.45, 2.75) is 44.9 Å². The zero-order valence-corrected chi connectivity index (χ0v) is 12.3. The molecule has 0 aromatic carbocycles. The third-order valence-electron chi connectivity index (χ3n) is 6.00. The first kappa shape index (κ1) is 12.4. The van der Waals surface area contributed by atoms with Crippen LogP contribution in [0.25, 0.3) is 0 Å². The summed E-state index contributed by atoms with van der Waals surface area (Å²) >= 11 is 0. The molecule has 0 heterocycles. The van der Waals surface area contributed by atoms with Crippen LogP contribution in [0.4, 0.5) is 0 Å². The zero-order valence-electron chi connectivity index (χ0n) is 12.3. The van der Waals surface area contributed by atoms with Gasteiger partial charge in [-0.1, -0.05) is 48.5 Å².